The molecule has 1 aromatic heterocycles. The molecule has 0 unspecified atom stereocenters. The third-order valence-corrected chi connectivity index (χ3v) is 3.54. The summed E-state index contributed by atoms with van der Waals surface area (Å²) in [5.74, 6) is -1.05. The van der Waals surface area contributed by atoms with E-state index < -0.39 is 5.97 Å². The lowest BCUT2D eigenvalue weighted by Gasteiger charge is -2.08. The Hall–Kier alpha value is -1.29. The zero-order valence-electron chi connectivity index (χ0n) is 8.82. The van der Waals surface area contributed by atoms with Crippen LogP contribution >= 0.6 is 34.8 Å². The molecule has 0 fully saturated rings. The molecule has 0 spiro atoms. The molecule has 0 aliphatic heterocycles. The zero-order chi connectivity index (χ0) is 13.3. The Morgan fingerprint density at radius 3 is 2.33 bits per heavy atom. The standard InChI is InChI=1S/C12H6Cl3NO2/c13-9-3-6(4-10(14)11(9)15)8-5-16-2-1-7(8)12(17)18/h1-5H,(H,17,18). The third-order valence-electron chi connectivity index (χ3n) is 2.35. The number of halogens is 3. The second kappa shape index (κ2) is 5.14. The summed E-state index contributed by atoms with van der Waals surface area (Å²) in [7, 11) is 0. The fourth-order valence-electron chi connectivity index (χ4n) is 1.52. The van der Waals surface area contributed by atoms with E-state index in [9.17, 15) is 4.79 Å². The van der Waals surface area contributed by atoms with Crippen LogP contribution in [0, 0.1) is 0 Å². The van der Waals surface area contributed by atoms with Gasteiger partial charge >= 0.3 is 5.97 Å². The van der Waals surface area contributed by atoms with Crippen molar-refractivity contribution in [2.75, 3.05) is 0 Å². The molecule has 1 heterocycles. The van der Waals surface area contributed by atoms with Crippen LogP contribution in [0.3, 0.4) is 0 Å². The highest BCUT2D eigenvalue weighted by atomic mass is 35.5. The minimum Gasteiger partial charge on any atom is -0.478 e. The minimum absolute atomic E-state index is 0.124. The van der Waals surface area contributed by atoms with E-state index >= 15 is 0 Å². The smallest absolute Gasteiger partial charge is 0.336 e. The predicted octanol–water partition coefficient (Wildman–Crippen LogP) is 4.41. The van der Waals surface area contributed by atoms with Crippen LogP contribution in [-0.4, -0.2) is 16.1 Å². The van der Waals surface area contributed by atoms with E-state index in [0.717, 1.165) is 0 Å². The molecule has 2 rings (SSSR count). The summed E-state index contributed by atoms with van der Waals surface area (Å²) in [5.41, 5.74) is 1.12. The van der Waals surface area contributed by atoms with E-state index in [0.29, 0.717) is 11.1 Å². The van der Waals surface area contributed by atoms with E-state index in [1.165, 1.54) is 18.5 Å². The number of carbonyl (C=O) groups is 1. The molecule has 2 aromatic rings. The molecule has 0 saturated carbocycles. The van der Waals surface area contributed by atoms with E-state index in [-0.39, 0.29) is 20.6 Å². The Labute approximate surface area is 118 Å². The van der Waals surface area contributed by atoms with Crippen molar-refractivity contribution in [3.63, 3.8) is 0 Å². The maximum atomic E-state index is 11.1. The molecule has 0 radical (unpaired) electrons. The summed E-state index contributed by atoms with van der Waals surface area (Å²) < 4.78 is 0. The maximum Gasteiger partial charge on any atom is 0.336 e. The number of aromatic nitrogens is 1. The first kappa shape index (κ1) is 13.1. The molecule has 18 heavy (non-hydrogen) atoms. The molecule has 3 nitrogen and oxygen atoms in total. The van der Waals surface area contributed by atoms with Gasteiger partial charge in [0, 0.05) is 18.0 Å². The Morgan fingerprint density at radius 1 is 1.17 bits per heavy atom. The van der Waals surface area contributed by atoms with Gasteiger partial charge in [0.25, 0.3) is 0 Å². The average Bonchev–Trinajstić information content (AvgIpc) is 2.35. The van der Waals surface area contributed by atoms with Crippen LogP contribution in [-0.2, 0) is 0 Å². The van der Waals surface area contributed by atoms with Crippen LogP contribution in [0.1, 0.15) is 10.4 Å². The number of aromatic carboxylic acids is 1. The van der Waals surface area contributed by atoms with E-state index in [1.54, 1.807) is 12.1 Å². The second-order valence-corrected chi connectivity index (χ2v) is 4.67. The SMILES string of the molecule is O=C(O)c1ccncc1-c1cc(Cl)c(Cl)c(Cl)c1. The van der Waals surface area contributed by atoms with Crippen molar-refractivity contribution in [3.8, 4) is 11.1 Å². The number of nitrogens with zero attached hydrogens (tertiary/aromatic N) is 1. The van der Waals surface area contributed by atoms with Crippen molar-refractivity contribution in [1.29, 1.82) is 0 Å². The van der Waals surface area contributed by atoms with Gasteiger partial charge in [-0.25, -0.2) is 4.79 Å². The highest BCUT2D eigenvalue weighted by Crippen LogP contribution is 2.35. The Kier molecular flexibility index (Phi) is 3.76. The molecule has 1 N–H and O–H groups in total. The van der Waals surface area contributed by atoms with Crippen molar-refractivity contribution in [1.82, 2.24) is 4.98 Å². The molecule has 0 bridgehead atoms. The number of benzene rings is 1. The molecule has 0 saturated heterocycles. The van der Waals surface area contributed by atoms with Crippen LogP contribution in [0.15, 0.2) is 30.6 Å². The Balaban J connectivity index is 2.66. The summed E-state index contributed by atoms with van der Waals surface area (Å²) in [6, 6.07) is 4.52. The van der Waals surface area contributed by atoms with Crippen LogP contribution in [0.25, 0.3) is 11.1 Å². The first-order valence-electron chi connectivity index (χ1n) is 4.83. The number of carboxylic acid groups (broad SMARTS) is 1. The van der Waals surface area contributed by atoms with Crippen molar-refractivity contribution in [2.45, 2.75) is 0 Å². The summed E-state index contributed by atoms with van der Waals surface area (Å²) >= 11 is 17.7. The maximum absolute atomic E-state index is 11.1. The molecule has 0 aliphatic carbocycles. The molecular formula is C12H6Cl3NO2. The van der Waals surface area contributed by atoms with Crippen LogP contribution in [0.4, 0.5) is 0 Å². The summed E-state index contributed by atoms with van der Waals surface area (Å²) in [6.45, 7) is 0. The van der Waals surface area contributed by atoms with Gasteiger partial charge in [0.05, 0.1) is 20.6 Å². The fourth-order valence-corrected chi connectivity index (χ4v) is 2.12. The summed E-state index contributed by atoms with van der Waals surface area (Å²) in [6.07, 6.45) is 2.85. The van der Waals surface area contributed by atoms with Gasteiger partial charge in [0.15, 0.2) is 0 Å². The lowest BCUT2D eigenvalue weighted by atomic mass is 10.0. The monoisotopic (exact) mass is 301 g/mol. The first-order chi connectivity index (χ1) is 8.50. The molecule has 0 atom stereocenters. The van der Waals surface area contributed by atoms with E-state index in [2.05, 4.69) is 4.98 Å². The van der Waals surface area contributed by atoms with Crippen LogP contribution < -0.4 is 0 Å². The topological polar surface area (TPSA) is 50.2 Å². The van der Waals surface area contributed by atoms with E-state index in [1.807, 2.05) is 0 Å². The molecule has 0 aliphatic rings. The number of rotatable bonds is 2. The van der Waals surface area contributed by atoms with Gasteiger partial charge in [-0.3, -0.25) is 4.98 Å². The van der Waals surface area contributed by atoms with Gasteiger partial charge in [-0.1, -0.05) is 34.8 Å². The quantitative estimate of drug-likeness (QED) is 0.836. The van der Waals surface area contributed by atoms with Gasteiger partial charge in [-0.2, -0.15) is 0 Å². The largest absolute Gasteiger partial charge is 0.478 e. The van der Waals surface area contributed by atoms with Gasteiger partial charge < -0.3 is 5.11 Å². The fraction of sp³-hybridized carbons (Fsp3) is 0. The molecule has 1 aromatic carbocycles. The van der Waals surface area contributed by atoms with Gasteiger partial charge in [-0.05, 0) is 23.8 Å². The summed E-state index contributed by atoms with van der Waals surface area (Å²) in [5, 5.41) is 9.87. The normalized spacial score (nSPS) is 10.4. The van der Waals surface area contributed by atoms with Gasteiger partial charge in [0.2, 0.25) is 0 Å². The zero-order valence-corrected chi connectivity index (χ0v) is 11.1. The van der Waals surface area contributed by atoms with Crippen LogP contribution in [0.5, 0.6) is 0 Å². The Morgan fingerprint density at radius 2 is 1.78 bits per heavy atom. The molecule has 92 valence electrons. The number of pyridine rings is 1. The number of hydrogen-bond donors (Lipinski definition) is 1. The minimum atomic E-state index is -1.05. The number of hydrogen-bond acceptors (Lipinski definition) is 2. The predicted molar refractivity (Wildman–Crippen MR) is 71.7 cm³/mol. The lowest BCUT2D eigenvalue weighted by molar-refractivity contribution is 0.0697. The van der Waals surface area contributed by atoms with Crippen molar-refractivity contribution < 1.29 is 9.90 Å². The third kappa shape index (κ3) is 2.43. The molecule has 6 heteroatoms. The van der Waals surface area contributed by atoms with Gasteiger partial charge in [-0.15, -0.1) is 0 Å². The van der Waals surface area contributed by atoms with Crippen molar-refractivity contribution in [3.05, 3.63) is 51.2 Å². The van der Waals surface area contributed by atoms with Crippen LogP contribution in [0.2, 0.25) is 15.1 Å². The highest BCUT2D eigenvalue weighted by molar-refractivity contribution is 6.48. The average molecular weight is 303 g/mol. The highest BCUT2D eigenvalue weighted by Gasteiger charge is 2.14. The molecule has 0 amide bonds. The molecular weight excluding hydrogens is 296 g/mol. The second-order valence-electron chi connectivity index (χ2n) is 3.48. The first-order valence-corrected chi connectivity index (χ1v) is 5.96. The van der Waals surface area contributed by atoms with Gasteiger partial charge in [0.1, 0.15) is 0 Å². The lowest BCUT2D eigenvalue weighted by Crippen LogP contribution is -2.00. The van der Waals surface area contributed by atoms with Crippen molar-refractivity contribution in [2.24, 2.45) is 0 Å². The summed E-state index contributed by atoms with van der Waals surface area (Å²) in [4.78, 5) is 15.0. The Bertz CT molecular complexity index is 605. The van der Waals surface area contributed by atoms with Crippen molar-refractivity contribution >= 4 is 40.8 Å². The van der Waals surface area contributed by atoms with E-state index in [4.69, 9.17) is 39.9 Å². The number of carboxylic acids is 1.